The second-order valence-corrected chi connectivity index (χ2v) is 8.22. The number of hydrogen-bond acceptors (Lipinski definition) is 6. The number of nitrogens with zero attached hydrogens (tertiary/aromatic N) is 2. The van der Waals surface area contributed by atoms with Crippen LogP contribution in [0.3, 0.4) is 0 Å². The van der Waals surface area contributed by atoms with Gasteiger partial charge in [-0.25, -0.2) is 0 Å². The van der Waals surface area contributed by atoms with Crippen molar-refractivity contribution in [2.45, 2.75) is 31.7 Å². The Morgan fingerprint density at radius 2 is 1.94 bits per heavy atom. The molecular formula is C25H21N3O5. The first-order chi connectivity index (χ1) is 15.9. The van der Waals surface area contributed by atoms with E-state index in [2.05, 4.69) is 5.32 Å². The van der Waals surface area contributed by atoms with E-state index in [9.17, 15) is 19.7 Å². The zero-order valence-corrected chi connectivity index (χ0v) is 17.9. The highest BCUT2D eigenvalue weighted by atomic mass is 16.6. The second-order valence-electron chi connectivity index (χ2n) is 8.22. The average Bonchev–Trinajstić information content (AvgIpc) is 3.28. The number of hydrogen-bond donors (Lipinski definition) is 1. The van der Waals surface area contributed by atoms with Crippen molar-refractivity contribution in [3.8, 4) is 0 Å². The van der Waals surface area contributed by atoms with Gasteiger partial charge < -0.3 is 9.73 Å². The maximum absolute atomic E-state index is 13.6. The zero-order valence-electron chi connectivity index (χ0n) is 17.9. The van der Waals surface area contributed by atoms with Gasteiger partial charge in [-0.3, -0.25) is 24.6 Å². The number of furan rings is 1. The smallest absolute Gasteiger partial charge is 0.269 e. The first-order valence-corrected chi connectivity index (χ1v) is 10.6. The van der Waals surface area contributed by atoms with Gasteiger partial charge in [-0.2, -0.15) is 0 Å². The summed E-state index contributed by atoms with van der Waals surface area (Å²) in [6.07, 6.45) is 2.32. The van der Waals surface area contributed by atoms with E-state index in [4.69, 9.17) is 4.42 Å². The first-order valence-electron chi connectivity index (χ1n) is 10.6. The number of carbonyl (C=O) groups is 2. The molecule has 8 nitrogen and oxygen atoms in total. The molecule has 2 aromatic carbocycles. The summed E-state index contributed by atoms with van der Waals surface area (Å²) in [7, 11) is 0. The molecule has 1 N–H and O–H groups in total. The van der Waals surface area contributed by atoms with Crippen LogP contribution >= 0.6 is 0 Å². The van der Waals surface area contributed by atoms with E-state index in [-0.39, 0.29) is 29.7 Å². The Morgan fingerprint density at radius 3 is 2.67 bits per heavy atom. The Bertz CT molecular complexity index is 1290. The van der Waals surface area contributed by atoms with Gasteiger partial charge in [0.2, 0.25) is 5.91 Å². The lowest BCUT2D eigenvalue weighted by Gasteiger charge is -2.34. The van der Waals surface area contributed by atoms with Crippen LogP contribution in [0.15, 0.2) is 82.6 Å². The molecule has 2 atom stereocenters. The number of para-hydroxylation sites is 2. The van der Waals surface area contributed by atoms with Crippen molar-refractivity contribution in [2.24, 2.45) is 0 Å². The number of allylic oxidation sites excluding steroid dienone is 1. The lowest BCUT2D eigenvalue weighted by molar-refractivity contribution is -0.384. The van der Waals surface area contributed by atoms with Crippen molar-refractivity contribution in [3.05, 3.63) is 99.6 Å². The van der Waals surface area contributed by atoms with Gasteiger partial charge in [0.1, 0.15) is 5.76 Å². The minimum atomic E-state index is -0.793. The number of nitrogens with one attached hydrogen (secondary N) is 1. The van der Waals surface area contributed by atoms with E-state index in [1.54, 1.807) is 35.4 Å². The van der Waals surface area contributed by atoms with Crippen LogP contribution in [-0.4, -0.2) is 16.6 Å². The number of rotatable bonds is 3. The lowest BCUT2D eigenvalue weighted by atomic mass is 9.80. The summed E-state index contributed by atoms with van der Waals surface area (Å²) in [6.45, 7) is 1.44. The molecule has 2 heterocycles. The number of nitro groups is 1. The van der Waals surface area contributed by atoms with Gasteiger partial charge in [0.25, 0.3) is 5.69 Å². The van der Waals surface area contributed by atoms with Crippen LogP contribution in [0.5, 0.6) is 0 Å². The van der Waals surface area contributed by atoms with Gasteiger partial charge >= 0.3 is 0 Å². The Morgan fingerprint density at radius 1 is 1.12 bits per heavy atom. The third-order valence-electron chi connectivity index (χ3n) is 6.17. The quantitative estimate of drug-likeness (QED) is 0.445. The van der Waals surface area contributed by atoms with Crippen LogP contribution < -0.4 is 10.2 Å². The van der Waals surface area contributed by atoms with Crippen LogP contribution in [0.1, 0.15) is 43.0 Å². The molecule has 0 saturated heterocycles. The molecule has 1 aliphatic heterocycles. The molecule has 0 bridgehead atoms. The maximum atomic E-state index is 13.6. The number of benzene rings is 2. The number of Topliss-reactive ketones (excluding diaryl/α,β-unsaturated/α-hetero) is 1. The number of ketones is 1. The number of carbonyl (C=O) groups excluding carboxylic acids is 2. The topological polar surface area (TPSA) is 106 Å². The van der Waals surface area contributed by atoms with Crippen LogP contribution in [-0.2, 0) is 9.59 Å². The van der Waals surface area contributed by atoms with E-state index < -0.39 is 11.0 Å². The Hall–Kier alpha value is -4.20. The van der Waals surface area contributed by atoms with E-state index >= 15 is 0 Å². The highest BCUT2D eigenvalue weighted by molar-refractivity contribution is 6.06. The third kappa shape index (κ3) is 3.59. The van der Waals surface area contributed by atoms with Gasteiger partial charge in [0.05, 0.1) is 28.6 Å². The fourth-order valence-electron chi connectivity index (χ4n) is 4.79. The van der Waals surface area contributed by atoms with E-state index in [1.807, 2.05) is 24.3 Å². The van der Waals surface area contributed by atoms with E-state index in [1.165, 1.54) is 19.1 Å². The molecule has 0 radical (unpaired) electrons. The molecule has 0 spiro atoms. The van der Waals surface area contributed by atoms with Gasteiger partial charge in [0.15, 0.2) is 5.78 Å². The fraction of sp³-hybridized carbons (Fsp3) is 0.200. The molecule has 5 rings (SSSR count). The summed E-state index contributed by atoms with van der Waals surface area (Å²) in [5.41, 5.74) is 2.86. The molecule has 1 amide bonds. The number of non-ortho nitro benzene ring substituents is 1. The highest BCUT2D eigenvalue weighted by Crippen LogP contribution is 2.47. The third-order valence-corrected chi connectivity index (χ3v) is 6.17. The van der Waals surface area contributed by atoms with Crippen molar-refractivity contribution in [2.75, 3.05) is 10.2 Å². The van der Waals surface area contributed by atoms with Crippen molar-refractivity contribution in [3.63, 3.8) is 0 Å². The molecule has 33 heavy (non-hydrogen) atoms. The lowest BCUT2D eigenvalue weighted by Crippen LogP contribution is -2.37. The molecule has 166 valence electrons. The van der Waals surface area contributed by atoms with Gasteiger partial charge in [-0.1, -0.05) is 24.3 Å². The summed E-state index contributed by atoms with van der Waals surface area (Å²) >= 11 is 0. The maximum Gasteiger partial charge on any atom is 0.269 e. The number of fused-ring (bicyclic) bond motifs is 1. The van der Waals surface area contributed by atoms with Crippen LogP contribution in [0, 0.1) is 10.1 Å². The van der Waals surface area contributed by atoms with Crippen molar-refractivity contribution >= 4 is 28.8 Å². The first kappa shape index (κ1) is 20.7. The predicted molar refractivity (Wildman–Crippen MR) is 122 cm³/mol. The molecule has 8 heteroatoms. The Labute approximate surface area is 189 Å². The minimum Gasteiger partial charge on any atom is -0.469 e. The zero-order chi connectivity index (χ0) is 23.1. The van der Waals surface area contributed by atoms with Crippen LogP contribution in [0.2, 0.25) is 0 Å². The molecule has 0 fully saturated rings. The summed E-state index contributed by atoms with van der Waals surface area (Å²) in [4.78, 5) is 39.1. The number of anilines is 2. The second kappa shape index (κ2) is 8.05. The molecule has 1 aromatic heterocycles. The number of nitro benzene ring substituents is 1. The molecular weight excluding hydrogens is 422 g/mol. The molecule has 3 aromatic rings. The monoisotopic (exact) mass is 443 g/mol. The highest BCUT2D eigenvalue weighted by Gasteiger charge is 2.41. The van der Waals surface area contributed by atoms with Crippen molar-refractivity contribution in [1.82, 2.24) is 0 Å². The molecule has 0 saturated carbocycles. The van der Waals surface area contributed by atoms with Gasteiger partial charge in [-0.15, -0.1) is 0 Å². The van der Waals surface area contributed by atoms with Crippen LogP contribution in [0.4, 0.5) is 17.1 Å². The largest absolute Gasteiger partial charge is 0.469 e. The minimum absolute atomic E-state index is 0.0969. The van der Waals surface area contributed by atoms with E-state index in [0.717, 1.165) is 5.76 Å². The van der Waals surface area contributed by atoms with Gasteiger partial charge in [0, 0.05) is 42.7 Å². The summed E-state index contributed by atoms with van der Waals surface area (Å²) in [5.74, 6) is 0.196. The normalized spacial score (nSPS) is 19.9. The standard InChI is InChI=1S/C25H21N3O5/c1-15(29)27-21-9-3-2-8-19(21)26-20-13-17(23-10-5-11-33-23)14-22(30)24(20)25(27)16-6-4-7-18(12-16)28(31)32/h2-12,17,25-26H,13-14H2,1H3. The Balaban J connectivity index is 1.73. The Kier molecular flexibility index (Phi) is 5.05. The fourth-order valence-corrected chi connectivity index (χ4v) is 4.79. The average molecular weight is 443 g/mol. The summed E-state index contributed by atoms with van der Waals surface area (Å²) in [5, 5.41) is 14.9. The molecule has 2 aliphatic rings. The molecule has 1 aliphatic carbocycles. The summed E-state index contributed by atoms with van der Waals surface area (Å²) < 4.78 is 5.57. The molecule has 2 unspecified atom stereocenters. The van der Waals surface area contributed by atoms with Gasteiger partial charge in [-0.05, 0) is 36.2 Å². The van der Waals surface area contributed by atoms with Crippen molar-refractivity contribution in [1.29, 1.82) is 0 Å². The van der Waals surface area contributed by atoms with Crippen LogP contribution in [0.25, 0.3) is 0 Å². The predicted octanol–water partition coefficient (Wildman–Crippen LogP) is 5.11. The summed E-state index contributed by atoms with van der Waals surface area (Å²) in [6, 6.07) is 16.3. The van der Waals surface area contributed by atoms with Crippen molar-refractivity contribution < 1.29 is 18.9 Å². The number of amides is 1. The SMILES string of the molecule is CC(=O)N1c2ccccc2NC2=C(C(=O)CC(c3ccco3)C2)C1c1cccc([N+](=O)[O-])c1. The van der Waals surface area contributed by atoms with E-state index in [0.29, 0.717) is 34.6 Å².